The summed E-state index contributed by atoms with van der Waals surface area (Å²) in [6, 6.07) is 10.8. The van der Waals surface area contributed by atoms with Crippen LogP contribution in [0.1, 0.15) is 11.3 Å². The van der Waals surface area contributed by atoms with Crippen molar-refractivity contribution in [2.45, 2.75) is 13.3 Å². The first-order chi connectivity index (χ1) is 8.25. The van der Waals surface area contributed by atoms with Gasteiger partial charge in [-0.3, -0.25) is 4.98 Å². The zero-order valence-corrected chi connectivity index (χ0v) is 9.78. The third-order valence-electron chi connectivity index (χ3n) is 2.58. The van der Waals surface area contributed by atoms with Gasteiger partial charge < -0.3 is 5.32 Å². The molecular weight excluding hydrogens is 215 g/mol. The smallest absolute Gasteiger partial charge is 0.126 e. The largest absolute Gasteiger partial charge is 0.385 e. The van der Waals surface area contributed by atoms with Crippen molar-refractivity contribution >= 4 is 5.69 Å². The average molecular weight is 230 g/mol. The summed E-state index contributed by atoms with van der Waals surface area (Å²) in [5, 5.41) is 3.25. The first-order valence-electron chi connectivity index (χ1n) is 5.65. The van der Waals surface area contributed by atoms with Crippen molar-refractivity contribution in [2.24, 2.45) is 0 Å². The van der Waals surface area contributed by atoms with Crippen molar-refractivity contribution in [3.63, 3.8) is 0 Å². The van der Waals surface area contributed by atoms with Crippen LogP contribution in [0.25, 0.3) is 0 Å². The highest BCUT2D eigenvalue weighted by Gasteiger charge is 2.00. The Balaban J connectivity index is 1.90. The van der Waals surface area contributed by atoms with E-state index in [0.29, 0.717) is 13.0 Å². The van der Waals surface area contributed by atoms with Gasteiger partial charge in [-0.2, -0.15) is 0 Å². The summed E-state index contributed by atoms with van der Waals surface area (Å²) >= 11 is 0. The molecule has 0 spiro atoms. The summed E-state index contributed by atoms with van der Waals surface area (Å²) in [7, 11) is 0. The standard InChI is InChI=1S/C14H15FN2/c1-11-10-13(7-9-16-11)17-8-6-12-4-2-3-5-14(12)15/h2-5,7,9-10H,6,8H2,1H3,(H,16,17). The van der Waals surface area contributed by atoms with Crippen molar-refractivity contribution in [3.05, 3.63) is 59.7 Å². The van der Waals surface area contributed by atoms with Gasteiger partial charge in [0.1, 0.15) is 5.82 Å². The molecule has 1 aromatic carbocycles. The zero-order chi connectivity index (χ0) is 12.1. The van der Waals surface area contributed by atoms with Gasteiger partial charge in [0.15, 0.2) is 0 Å². The quantitative estimate of drug-likeness (QED) is 0.872. The fourth-order valence-corrected chi connectivity index (χ4v) is 1.70. The Morgan fingerprint density at radius 2 is 2.06 bits per heavy atom. The minimum absolute atomic E-state index is 0.139. The van der Waals surface area contributed by atoms with Gasteiger partial charge in [-0.05, 0) is 37.1 Å². The van der Waals surface area contributed by atoms with Gasteiger partial charge in [-0.1, -0.05) is 18.2 Å². The molecule has 0 fully saturated rings. The molecule has 0 saturated carbocycles. The van der Waals surface area contributed by atoms with Crippen LogP contribution in [0.2, 0.25) is 0 Å². The second kappa shape index (κ2) is 5.43. The number of halogens is 1. The first-order valence-corrected chi connectivity index (χ1v) is 5.65. The number of nitrogens with one attached hydrogen (secondary N) is 1. The van der Waals surface area contributed by atoms with Crippen LogP contribution >= 0.6 is 0 Å². The maximum absolute atomic E-state index is 13.3. The fourth-order valence-electron chi connectivity index (χ4n) is 1.70. The lowest BCUT2D eigenvalue weighted by Crippen LogP contribution is -2.06. The first kappa shape index (κ1) is 11.6. The molecule has 1 aromatic heterocycles. The highest BCUT2D eigenvalue weighted by molar-refractivity contribution is 5.43. The average Bonchev–Trinajstić information content (AvgIpc) is 2.32. The van der Waals surface area contributed by atoms with E-state index < -0.39 is 0 Å². The molecule has 0 atom stereocenters. The number of benzene rings is 1. The van der Waals surface area contributed by atoms with Gasteiger partial charge in [0.2, 0.25) is 0 Å². The summed E-state index contributed by atoms with van der Waals surface area (Å²) in [6.07, 6.45) is 2.44. The third-order valence-corrected chi connectivity index (χ3v) is 2.58. The number of hydrogen-bond acceptors (Lipinski definition) is 2. The number of nitrogens with zero attached hydrogens (tertiary/aromatic N) is 1. The Labute approximate surface area is 101 Å². The van der Waals surface area contributed by atoms with E-state index in [2.05, 4.69) is 10.3 Å². The molecule has 0 radical (unpaired) electrons. The van der Waals surface area contributed by atoms with Gasteiger partial charge >= 0.3 is 0 Å². The van der Waals surface area contributed by atoms with Crippen LogP contribution in [0.4, 0.5) is 10.1 Å². The van der Waals surface area contributed by atoms with Crippen molar-refractivity contribution in [3.8, 4) is 0 Å². The maximum atomic E-state index is 13.3. The number of rotatable bonds is 4. The lowest BCUT2D eigenvalue weighted by Gasteiger charge is -2.07. The molecule has 1 heterocycles. The highest BCUT2D eigenvalue weighted by Crippen LogP contribution is 2.09. The molecule has 0 aliphatic heterocycles. The van der Waals surface area contributed by atoms with Crippen molar-refractivity contribution in [2.75, 3.05) is 11.9 Å². The van der Waals surface area contributed by atoms with Crippen molar-refractivity contribution in [1.29, 1.82) is 0 Å². The normalized spacial score (nSPS) is 10.2. The van der Waals surface area contributed by atoms with Crippen LogP contribution in [0.15, 0.2) is 42.6 Å². The monoisotopic (exact) mass is 230 g/mol. The van der Waals surface area contributed by atoms with Gasteiger partial charge in [0.05, 0.1) is 0 Å². The number of aryl methyl sites for hydroxylation is 1. The molecule has 0 aliphatic carbocycles. The van der Waals surface area contributed by atoms with Gasteiger partial charge in [-0.25, -0.2) is 4.39 Å². The molecule has 0 amide bonds. The molecule has 2 nitrogen and oxygen atoms in total. The van der Waals surface area contributed by atoms with E-state index in [4.69, 9.17) is 0 Å². The minimum Gasteiger partial charge on any atom is -0.385 e. The molecule has 0 aliphatic rings. The Morgan fingerprint density at radius 1 is 1.24 bits per heavy atom. The summed E-state index contributed by atoms with van der Waals surface area (Å²) in [5.41, 5.74) is 2.74. The van der Waals surface area contributed by atoms with E-state index in [1.165, 1.54) is 6.07 Å². The lowest BCUT2D eigenvalue weighted by molar-refractivity contribution is 0.610. The predicted octanol–water partition coefficient (Wildman–Crippen LogP) is 3.18. The van der Waals surface area contributed by atoms with Crippen molar-refractivity contribution < 1.29 is 4.39 Å². The molecule has 88 valence electrons. The van der Waals surface area contributed by atoms with Crippen LogP contribution in [0, 0.1) is 12.7 Å². The van der Waals surface area contributed by atoms with Crippen LogP contribution < -0.4 is 5.32 Å². The number of aromatic nitrogens is 1. The fraction of sp³-hybridized carbons (Fsp3) is 0.214. The second-order valence-electron chi connectivity index (χ2n) is 3.95. The maximum Gasteiger partial charge on any atom is 0.126 e. The summed E-state index contributed by atoms with van der Waals surface area (Å²) in [4.78, 5) is 4.12. The van der Waals surface area contributed by atoms with E-state index in [1.54, 1.807) is 12.3 Å². The Hall–Kier alpha value is -1.90. The Morgan fingerprint density at radius 3 is 2.82 bits per heavy atom. The van der Waals surface area contributed by atoms with Crippen LogP contribution in [0.3, 0.4) is 0 Å². The molecule has 2 rings (SSSR count). The van der Waals surface area contributed by atoms with E-state index in [1.807, 2.05) is 31.2 Å². The van der Waals surface area contributed by atoms with E-state index in [9.17, 15) is 4.39 Å². The Bertz CT molecular complexity index is 497. The Kier molecular flexibility index (Phi) is 3.70. The molecule has 0 unspecified atom stereocenters. The van der Waals surface area contributed by atoms with Gasteiger partial charge in [-0.15, -0.1) is 0 Å². The molecule has 0 saturated heterocycles. The van der Waals surface area contributed by atoms with E-state index in [-0.39, 0.29) is 5.82 Å². The minimum atomic E-state index is -0.139. The van der Waals surface area contributed by atoms with E-state index in [0.717, 1.165) is 16.9 Å². The van der Waals surface area contributed by atoms with Crippen molar-refractivity contribution in [1.82, 2.24) is 4.98 Å². The lowest BCUT2D eigenvalue weighted by atomic mass is 10.1. The number of anilines is 1. The summed E-state index contributed by atoms with van der Waals surface area (Å²) in [5.74, 6) is -0.139. The van der Waals surface area contributed by atoms with Gasteiger partial charge in [0, 0.05) is 24.1 Å². The van der Waals surface area contributed by atoms with E-state index >= 15 is 0 Å². The third kappa shape index (κ3) is 3.28. The van der Waals surface area contributed by atoms with Gasteiger partial charge in [0.25, 0.3) is 0 Å². The zero-order valence-electron chi connectivity index (χ0n) is 9.78. The number of pyridine rings is 1. The summed E-state index contributed by atoms with van der Waals surface area (Å²) in [6.45, 7) is 2.66. The molecular formula is C14H15FN2. The van der Waals surface area contributed by atoms with Crippen LogP contribution in [0.5, 0.6) is 0 Å². The summed E-state index contributed by atoms with van der Waals surface area (Å²) < 4.78 is 13.3. The molecule has 17 heavy (non-hydrogen) atoms. The predicted molar refractivity (Wildman–Crippen MR) is 67.6 cm³/mol. The molecule has 0 bridgehead atoms. The highest BCUT2D eigenvalue weighted by atomic mass is 19.1. The van der Waals surface area contributed by atoms with Crippen LogP contribution in [-0.4, -0.2) is 11.5 Å². The second-order valence-corrected chi connectivity index (χ2v) is 3.95. The number of hydrogen-bond donors (Lipinski definition) is 1. The molecule has 3 heteroatoms. The molecule has 2 aromatic rings. The van der Waals surface area contributed by atoms with Crippen LogP contribution in [-0.2, 0) is 6.42 Å². The topological polar surface area (TPSA) is 24.9 Å². The SMILES string of the molecule is Cc1cc(NCCc2ccccc2F)ccn1. The molecule has 1 N–H and O–H groups in total.